The number of anilines is 2. The smallest absolute Gasteiger partial charge is 0.319 e. The van der Waals surface area contributed by atoms with Crippen molar-refractivity contribution in [1.29, 1.82) is 0 Å². The summed E-state index contributed by atoms with van der Waals surface area (Å²) in [5, 5.41) is 8.40. The van der Waals surface area contributed by atoms with Crippen LogP contribution in [-0.4, -0.2) is 18.0 Å². The highest BCUT2D eigenvalue weighted by Crippen LogP contribution is 2.23. The number of hydrogen-bond acceptors (Lipinski definition) is 2. The van der Waals surface area contributed by atoms with Crippen molar-refractivity contribution in [3.05, 3.63) is 23.8 Å². The van der Waals surface area contributed by atoms with Crippen LogP contribution in [0.3, 0.4) is 0 Å². The highest BCUT2D eigenvalue weighted by atomic mass is 16.2. The Kier molecular flexibility index (Phi) is 5.55. The molecule has 3 amide bonds. The van der Waals surface area contributed by atoms with E-state index in [-0.39, 0.29) is 23.9 Å². The average Bonchev–Trinajstić information content (AvgIpc) is 2.32. The van der Waals surface area contributed by atoms with Gasteiger partial charge in [0.1, 0.15) is 0 Å². The fourth-order valence-electron chi connectivity index (χ4n) is 1.60. The molecule has 0 aromatic heterocycles. The largest absolute Gasteiger partial charge is 0.336 e. The first kappa shape index (κ1) is 16.0. The molecule has 5 heteroatoms. The zero-order valence-corrected chi connectivity index (χ0v) is 12.7. The molecule has 0 aliphatic carbocycles. The van der Waals surface area contributed by atoms with Crippen LogP contribution in [0.2, 0.25) is 0 Å². The van der Waals surface area contributed by atoms with Crippen LogP contribution in [0.25, 0.3) is 0 Å². The normalized spacial score (nSPS) is 10.6. The van der Waals surface area contributed by atoms with Crippen molar-refractivity contribution in [2.75, 3.05) is 10.6 Å². The Hall–Kier alpha value is -2.04. The predicted molar refractivity (Wildman–Crippen MR) is 81.9 cm³/mol. The molecule has 20 heavy (non-hydrogen) atoms. The van der Waals surface area contributed by atoms with E-state index in [1.54, 1.807) is 12.1 Å². The van der Waals surface area contributed by atoms with E-state index in [4.69, 9.17) is 0 Å². The van der Waals surface area contributed by atoms with Crippen LogP contribution in [0.4, 0.5) is 16.2 Å². The first-order valence-corrected chi connectivity index (χ1v) is 6.79. The number of carbonyl (C=O) groups excluding carboxylic acids is 2. The molecule has 0 aliphatic rings. The van der Waals surface area contributed by atoms with Crippen molar-refractivity contribution in [3.63, 3.8) is 0 Å². The molecule has 0 saturated carbocycles. The van der Waals surface area contributed by atoms with Gasteiger partial charge < -0.3 is 16.0 Å². The summed E-state index contributed by atoms with van der Waals surface area (Å²) in [6.07, 6.45) is 0. The van der Waals surface area contributed by atoms with Gasteiger partial charge in [-0.05, 0) is 38.5 Å². The predicted octanol–water partition coefficient (Wildman–Crippen LogP) is 3.12. The van der Waals surface area contributed by atoms with Gasteiger partial charge in [-0.2, -0.15) is 0 Å². The molecule has 3 N–H and O–H groups in total. The molecule has 0 unspecified atom stereocenters. The van der Waals surface area contributed by atoms with E-state index in [1.807, 2.05) is 40.7 Å². The van der Waals surface area contributed by atoms with Crippen LogP contribution in [0.1, 0.15) is 33.3 Å². The quantitative estimate of drug-likeness (QED) is 0.791. The van der Waals surface area contributed by atoms with E-state index in [0.717, 1.165) is 5.56 Å². The van der Waals surface area contributed by atoms with Crippen molar-refractivity contribution in [1.82, 2.24) is 5.32 Å². The summed E-state index contributed by atoms with van der Waals surface area (Å²) in [7, 11) is 0. The average molecular weight is 277 g/mol. The van der Waals surface area contributed by atoms with Gasteiger partial charge in [0.25, 0.3) is 0 Å². The van der Waals surface area contributed by atoms with E-state index >= 15 is 0 Å². The van der Waals surface area contributed by atoms with Crippen LogP contribution >= 0.6 is 0 Å². The summed E-state index contributed by atoms with van der Waals surface area (Å²) in [6.45, 7) is 9.32. The van der Waals surface area contributed by atoms with Crippen LogP contribution in [-0.2, 0) is 4.79 Å². The minimum absolute atomic E-state index is 0.0446. The van der Waals surface area contributed by atoms with Crippen LogP contribution < -0.4 is 16.0 Å². The summed E-state index contributed by atoms with van der Waals surface area (Å²) >= 11 is 0. The third-order valence-electron chi connectivity index (χ3n) is 2.78. The summed E-state index contributed by atoms with van der Waals surface area (Å²) < 4.78 is 0. The Bertz CT molecular complexity index is 496. The van der Waals surface area contributed by atoms with E-state index in [2.05, 4.69) is 16.0 Å². The van der Waals surface area contributed by atoms with Crippen LogP contribution in [0, 0.1) is 12.8 Å². The lowest BCUT2D eigenvalue weighted by molar-refractivity contribution is -0.118. The molecular weight excluding hydrogens is 254 g/mol. The summed E-state index contributed by atoms with van der Waals surface area (Å²) in [6, 6.07) is 5.24. The van der Waals surface area contributed by atoms with Gasteiger partial charge in [0.05, 0.1) is 0 Å². The minimum atomic E-state index is -0.254. The van der Waals surface area contributed by atoms with Gasteiger partial charge in [-0.15, -0.1) is 0 Å². The lowest BCUT2D eigenvalue weighted by atomic mass is 10.1. The van der Waals surface area contributed by atoms with Crippen molar-refractivity contribution < 1.29 is 9.59 Å². The Morgan fingerprint density at radius 1 is 1.00 bits per heavy atom. The number of benzene rings is 1. The van der Waals surface area contributed by atoms with E-state index in [9.17, 15) is 9.59 Å². The molecule has 0 radical (unpaired) electrons. The first-order chi connectivity index (χ1) is 9.31. The maximum absolute atomic E-state index is 11.7. The zero-order valence-electron chi connectivity index (χ0n) is 12.7. The molecular formula is C15H23N3O2. The van der Waals surface area contributed by atoms with Gasteiger partial charge in [0.15, 0.2) is 0 Å². The molecule has 1 aromatic rings. The first-order valence-electron chi connectivity index (χ1n) is 6.79. The standard InChI is InChI=1S/C15H23N3O2/c1-9(2)14(19)17-12-7-6-8-13(11(12)5)18-15(20)16-10(3)4/h6-10H,1-5H3,(H,17,19)(H2,16,18,20). The molecule has 0 saturated heterocycles. The summed E-state index contributed by atoms with van der Waals surface area (Å²) in [5.74, 6) is -0.132. The molecule has 1 rings (SSSR count). The topological polar surface area (TPSA) is 70.2 Å². The van der Waals surface area contributed by atoms with Gasteiger partial charge in [0.2, 0.25) is 5.91 Å². The zero-order chi connectivity index (χ0) is 15.3. The highest BCUT2D eigenvalue weighted by molar-refractivity contribution is 5.96. The van der Waals surface area contributed by atoms with Crippen LogP contribution in [0.15, 0.2) is 18.2 Å². The van der Waals surface area contributed by atoms with Crippen molar-refractivity contribution in [2.45, 2.75) is 40.7 Å². The number of amides is 3. The molecule has 110 valence electrons. The highest BCUT2D eigenvalue weighted by Gasteiger charge is 2.12. The molecule has 0 fully saturated rings. The van der Waals surface area contributed by atoms with E-state index in [0.29, 0.717) is 11.4 Å². The van der Waals surface area contributed by atoms with Gasteiger partial charge in [-0.1, -0.05) is 19.9 Å². The Morgan fingerprint density at radius 3 is 2.05 bits per heavy atom. The fourth-order valence-corrected chi connectivity index (χ4v) is 1.60. The molecule has 0 heterocycles. The molecule has 0 aliphatic heterocycles. The SMILES string of the molecule is Cc1c(NC(=O)NC(C)C)cccc1NC(=O)C(C)C. The fraction of sp³-hybridized carbons (Fsp3) is 0.467. The Labute approximate surface area is 120 Å². The summed E-state index contributed by atoms with van der Waals surface area (Å²) in [4.78, 5) is 23.4. The van der Waals surface area contributed by atoms with Crippen LogP contribution in [0.5, 0.6) is 0 Å². The molecule has 1 aromatic carbocycles. The number of carbonyl (C=O) groups is 2. The Morgan fingerprint density at radius 2 is 1.55 bits per heavy atom. The Balaban J connectivity index is 2.84. The lowest BCUT2D eigenvalue weighted by Gasteiger charge is -2.15. The lowest BCUT2D eigenvalue weighted by Crippen LogP contribution is -2.34. The molecule has 0 bridgehead atoms. The number of rotatable bonds is 4. The second-order valence-electron chi connectivity index (χ2n) is 5.38. The van der Waals surface area contributed by atoms with Gasteiger partial charge >= 0.3 is 6.03 Å². The number of nitrogens with one attached hydrogen (secondary N) is 3. The van der Waals surface area contributed by atoms with Crippen molar-refractivity contribution in [3.8, 4) is 0 Å². The number of urea groups is 1. The second kappa shape index (κ2) is 6.93. The maximum Gasteiger partial charge on any atom is 0.319 e. The molecule has 0 atom stereocenters. The van der Waals surface area contributed by atoms with Crippen molar-refractivity contribution >= 4 is 23.3 Å². The van der Waals surface area contributed by atoms with Crippen molar-refractivity contribution in [2.24, 2.45) is 5.92 Å². The monoisotopic (exact) mass is 277 g/mol. The maximum atomic E-state index is 11.7. The van der Waals surface area contributed by atoms with Gasteiger partial charge in [0, 0.05) is 23.3 Å². The molecule has 5 nitrogen and oxygen atoms in total. The van der Waals surface area contributed by atoms with Gasteiger partial charge in [-0.3, -0.25) is 4.79 Å². The third-order valence-corrected chi connectivity index (χ3v) is 2.78. The second-order valence-corrected chi connectivity index (χ2v) is 5.38. The van der Waals surface area contributed by atoms with Gasteiger partial charge in [-0.25, -0.2) is 4.79 Å². The van der Waals surface area contributed by atoms with E-state index in [1.165, 1.54) is 0 Å². The van der Waals surface area contributed by atoms with E-state index < -0.39 is 0 Å². The minimum Gasteiger partial charge on any atom is -0.336 e. The summed E-state index contributed by atoms with van der Waals surface area (Å²) in [5.41, 5.74) is 2.23. The number of hydrogen-bond donors (Lipinski definition) is 3. The third kappa shape index (κ3) is 4.57. The molecule has 0 spiro atoms.